The number of rotatable bonds is 7. The van der Waals surface area contributed by atoms with E-state index in [0.29, 0.717) is 19.4 Å². The van der Waals surface area contributed by atoms with E-state index < -0.39 is 9.84 Å². The van der Waals surface area contributed by atoms with Gasteiger partial charge in [-0.2, -0.15) is 0 Å². The quantitative estimate of drug-likeness (QED) is 0.684. The lowest BCUT2D eigenvalue weighted by molar-refractivity contribution is -0.122. The van der Waals surface area contributed by atoms with Gasteiger partial charge in [-0.3, -0.25) is 9.69 Å². The fraction of sp³-hybridized carbons (Fsp3) is 0.522. The van der Waals surface area contributed by atoms with Crippen LogP contribution in [0.4, 0.5) is 0 Å². The molecule has 2 fully saturated rings. The van der Waals surface area contributed by atoms with Gasteiger partial charge in [-0.05, 0) is 43.8 Å². The summed E-state index contributed by atoms with van der Waals surface area (Å²) in [6, 6.07) is 13.6. The van der Waals surface area contributed by atoms with E-state index in [2.05, 4.69) is 10.2 Å². The maximum Gasteiger partial charge on any atom is 0.220 e. The molecule has 2 aliphatic rings. The largest absolute Gasteiger partial charge is 0.493 e. The Morgan fingerprint density at radius 2 is 1.80 bits per heavy atom. The Hall–Kier alpha value is -2.12. The second-order valence-corrected chi connectivity index (χ2v) is 10.5. The van der Waals surface area contributed by atoms with E-state index in [-0.39, 0.29) is 29.5 Å². The number of sulfone groups is 1. The van der Waals surface area contributed by atoms with E-state index in [9.17, 15) is 13.2 Å². The van der Waals surface area contributed by atoms with Crippen molar-refractivity contribution in [2.45, 2.75) is 44.2 Å². The summed E-state index contributed by atoms with van der Waals surface area (Å²) in [4.78, 5) is 14.7. The average Bonchev–Trinajstić information content (AvgIpc) is 3.06. The number of benzene rings is 2. The molecular formula is C23H30N2O4S. The van der Waals surface area contributed by atoms with Gasteiger partial charge in [0.2, 0.25) is 5.91 Å². The maximum atomic E-state index is 12.5. The van der Waals surface area contributed by atoms with E-state index in [1.54, 1.807) is 0 Å². The predicted molar refractivity (Wildman–Crippen MR) is 118 cm³/mol. The zero-order chi connectivity index (χ0) is 21.0. The maximum absolute atomic E-state index is 12.5. The number of fused-ring (bicyclic) bond motifs is 1. The summed E-state index contributed by atoms with van der Waals surface area (Å²) in [5.74, 6) is 0.926. The number of hydrogen-bond donors (Lipinski definition) is 1. The molecule has 1 N–H and O–H groups in total. The highest BCUT2D eigenvalue weighted by Crippen LogP contribution is 2.25. The first-order chi connectivity index (χ1) is 14.5. The van der Waals surface area contributed by atoms with Gasteiger partial charge in [0.1, 0.15) is 5.75 Å². The minimum Gasteiger partial charge on any atom is -0.493 e. The molecule has 0 aromatic heterocycles. The molecule has 0 saturated carbocycles. The highest BCUT2D eigenvalue weighted by Gasteiger charge is 2.41. The van der Waals surface area contributed by atoms with Gasteiger partial charge in [-0.25, -0.2) is 8.42 Å². The van der Waals surface area contributed by atoms with Crippen LogP contribution in [0.2, 0.25) is 0 Å². The number of hydrogen-bond acceptors (Lipinski definition) is 5. The van der Waals surface area contributed by atoms with Crippen molar-refractivity contribution >= 4 is 26.5 Å². The van der Waals surface area contributed by atoms with Crippen LogP contribution in [0.25, 0.3) is 10.8 Å². The molecule has 6 nitrogen and oxygen atoms in total. The molecule has 2 saturated heterocycles. The van der Waals surface area contributed by atoms with Crippen LogP contribution in [0.15, 0.2) is 42.5 Å². The Labute approximate surface area is 178 Å². The van der Waals surface area contributed by atoms with Crippen molar-refractivity contribution in [1.82, 2.24) is 10.2 Å². The van der Waals surface area contributed by atoms with Crippen molar-refractivity contribution in [1.29, 1.82) is 0 Å². The minimum absolute atomic E-state index is 0.0480. The van der Waals surface area contributed by atoms with Crippen molar-refractivity contribution in [2.24, 2.45) is 0 Å². The molecule has 0 radical (unpaired) electrons. The molecule has 4 rings (SSSR count). The lowest BCUT2D eigenvalue weighted by atomic mass is 10.0. The molecule has 0 aliphatic carbocycles. The smallest absolute Gasteiger partial charge is 0.220 e. The molecule has 0 bridgehead atoms. The van der Waals surface area contributed by atoms with Crippen molar-refractivity contribution in [3.05, 3.63) is 42.5 Å². The summed E-state index contributed by atoms with van der Waals surface area (Å²) >= 11 is 0. The molecule has 7 heteroatoms. The summed E-state index contributed by atoms with van der Waals surface area (Å²) < 4.78 is 30.3. The number of carbonyl (C=O) groups excluding carboxylic acids is 1. The van der Waals surface area contributed by atoms with Gasteiger partial charge < -0.3 is 10.1 Å². The van der Waals surface area contributed by atoms with Crippen LogP contribution in [-0.2, 0) is 14.6 Å². The van der Waals surface area contributed by atoms with E-state index >= 15 is 0 Å². The number of amides is 1. The molecule has 0 spiro atoms. The fourth-order valence-electron chi connectivity index (χ4n) is 4.59. The Morgan fingerprint density at radius 3 is 2.63 bits per heavy atom. The van der Waals surface area contributed by atoms with Gasteiger partial charge in [0.15, 0.2) is 9.84 Å². The summed E-state index contributed by atoms with van der Waals surface area (Å²) in [7, 11) is -3.10. The van der Waals surface area contributed by atoms with Gasteiger partial charge in [-0.15, -0.1) is 0 Å². The van der Waals surface area contributed by atoms with Crippen molar-refractivity contribution < 1.29 is 17.9 Å². The minimum atomic E-state index is -3.10. The highest BCUT2D eigenvalue weighted by atomic mass is 32.2. The molecule has 30 heavy (non-hydrogen) atoms. The second-order valence-electron chi connectivity index (χ2n) is 8.34. The first kappa shape index (κ1) is 21.1. The molecule has 2 heterocycles. The molecule has 2 aromatic rings. The monoisotopic (exact) mass is 430 g/mol. The van der Waals surface area contributed by atoms with Crippen molar-refractivity contribution in [2.75, 3.05) is 31.2 Å². The molecular weight excluding hydrogens is 400 g/mol. The van der Waals surface area contributed by atoms with Crippen LogP contribution in [0.3, 0.4) is 0 Å². The predicted octanol–water partition coefficient (Wildman–Crippen LogP) is 2.77. The van der Waals surface area contributed by atoms with Crippen LogP contribution in [0.5, 0.6) is 5.75 Å². The van der Waals surface area contributed by atoms with Crippen LogP contribution in [-0.4, -0.2) is 62.5 Å². The number of nitrogens with one attached hydrogen (secondary N) is 1. The second kappa shape index (κ2) is 9.35. The fourth-order valence-corrected chi connectivity index (χ4v) is 6.54. The normalized spacial score (nSPS) is 24.0. The standard InChI is InChI=1S/C23H30N2O4S/c26-23(12-7-15-29-22-11-6-9-18-8-2-3-10-19(18)22)24-20-16-30(27,28)17-21(20)25-13-4-1-5-14-25/h2-3,6,8-11,20-21H,1,4-5,7,12-17H2,(H,24,26). The highest BCUT2D eigenvalue weighted by molar-refractivity contribution is 7.91. The van der Waals surface area contributed by atoms with E-state index in [1.165, 1.54) is 6.42 Å². The van der Waals surface area contributed by atoms with Crippen molar-refractivity contribution in [3.8, 4) is 5.75 Å². The topological polar surface area (TPSA) is 75.7 Å². The first-order valence-corrected chi connectivity index (χ1v) is 12.7. The molecule has 2 aliphatic heterocycles. The SMILES string of the molecule is O=C(CCCOc1cccc2ccccc12)NC1CS(=O)(=O)CC1N1CCCCC1. The zero-order valence-corrected chi connectivity index (χ0v) is 18.1. The summed E-state index contributed by atoms with van der Waals surface area (Å²) in [6.45, 7) is 2.29. The van der Waals surface area contributed by atoms with E-state index in [0.717, 1.165) is 42.5 Å². The van der Waals surface area contributed by atoms with E-state index in [1.807, 2.05) is 42.5 Å². The summed E-state index contributed by atoms with van der Waals surface area (Å²) in [5, 5.41) is 5.18. The average molecular weight is 431 g/mol. The van der Waals surface area contributed by atoms with Gasteiger partial charge in [0.25, 0.3) is 0 Å². The zero-order valence-electron chi connectivity index (χ0n) is 17.3. The van der Waals surface area contributed by atoms with Crippen LogP contribution >= 0.6 is 0 Å². The Kier molecular flexibility index (Phi) is 6.58. The summed E-state index contributed by atoms with van der Waals surface area (Å²) in [6.07, 6.45) is 4.31. The van der Waals surface area contributed by atoms with Crippen LogP contribution in [0, 0.1) is 0 Å². The Balaban J connectivity index is 1.27. The third kappa shape index (κ3) is 5.13. The van der Waals surface area contributed by atoms with Crippen LogP contribution < -0.4 is 10.1 Å². The molecule has 2 unspecified atom stereocenters. The summed E-state index contributed by atoms with van der Waals surface area (Å²) in [5.41, 5.74) is 0. The Bertz CT molecular complexity index is 980. The molecule has 162 valence electrons. The lowest BCUT2D eigenvalue weighted by Gasteiger charge is -2.35. The molecule has 2 atom stereocenters. The van der Waals surface area contributed by atoms with E-state index in [4.69, 9.17) is 4.74 Å². The third-order valence-corrected chi connectivity index (χ3v) is 7.80. The lowest BCUT2D eigenvalue weighted by Crippen LogP contribution is -2.52. The number of carbonyl (C=O) groups is 1. The van der Waals surface area contributed by atoms with Gasteiger partial charge in [0, 0.05) is 17.8 Å². The number of ether oxygens (including phenoxy) is 1. The van der Waals surface area contributed by atoms with Gasteiger partial charge >= 0.3 is 0 Å². The molecule has 2 aromatic carbocycles. The van der Waals surface area contributed by atoms with Gasteiger partial charge in [0.05, 0.1) is 24.2 Å². The number of piperidine rings is 1. The first-order valence-electron chi connectivity index (χ1n) is 10.9. The Morgan fingerprint density at radius 1 is 1.03 bits per heavy atom. The van der Waals surface area contributed by atoms with Gasteiger partial charge in [-0.1, -0.05) is 42.8 Å². The molecule has 1 amide bonds. The number of likely N-dealkylation sites (tertiary alicyclic amines) is 1. The number of nitrogens with zero attached hydrogens (tertiary/aromatic N) is 1. The van der Waals surface area contributed by atoms with Crippen LogP contribution in [0.1, 0.15) is 32.1 Å². The van der Waals surface area contributed by atoms with Crippen molar-refractivity contribution in [3.63, 3.8) is 0 Å². The third-order valence-electron chi connectivity index (χ3n) is 6.08.